The number of carboxylic acid groups (broad SMARTS) is 1. The van der Waals surface area contributed by atoms with Gasteiger partial charge in [-0.05, 0) is 70.0 Å². The largest absolute Gasteiger partial charge is 0.507 e. The second kappa shape index (κ2) is 8.41. The number of unbranched alkanes of at least 4 members (excludes halogenated alkanes) is 1. The summed E-state index contributed by atoms with van der Waals surface area (Å²) in [5.41, 5.74) is 8.23. The molecule has 1 aromatic rings. The van der Waals surface area contributed by atoms with Crippen molar-refractivity contribution in [2.45, 2.75) is 51.9 Å². The number of hydrogen-bond donors (Lipinski definition) is 4. The molecule has 5 nitrogen and oxygen atoms in total. The van der Waals surface area contributed by atoms with Crippen molar-refractivity contribution >= 4 is 5.97 Å². The Morgan fingerprint density at radius 1 is 1.35 bits per heavy atom. The van der Waals surface area contributed by atoms with Gasteiger partial charge in [-0.1, -0.05) is 23.8 Å². The second-order valence-corrected chi connectivity index (χ2v) is 7.27. The summed E-state index contributed by atoms with van der Waals surface area (Å²) in [5.74, 6) is -1.80. The molecule has 1 aromatic carbocycles. The molecular formula is C21H29NO4. The van der Waals surface area contributed by atoms with E-state index in [0.717, 1.165) is 30.4 Å². The number of allylic oxidation sites excluding steroid dienone is 3. The molecule has 0 aromatic heterocycles. The van der Waals surface area contributed by atoms with Crippen molar-refractivity contribution in [1.82, 2.24) is 0 Å². The lowest BCUT2D eigenvalue weighted by atomic mass is 9.73. The molecule has 0 amide bonds. The van der Waals surface area contributed by atoms with Gasteiger partial charge >= 0.3 is 5.97 Å². The first-order valence-electron chi connectivity index (χ1n) is 9.11. The van der Waals surface area contributed by atoms with Gasteiger partial charge in [0, 0.05) is 11.5 Å². The van der Waals surface area contributed by atoms with Gasteiger partial charge in [-0.25, -0.2) is 4.79 Å². The third-order valence-corrected chi connectivity index (χ3v) is 5.23. The van der Waals surface area contributed by atoms with Gasteiger partial charge in [0.1, 0.15) is 17.1 Å². The van der Waals surface area contributed by atoms with E-state index >= 15 is 0 Å². The Kier molecular flexibility index (Phi) is 6.48. The van der Waals surface area contributed by atoms with Crippen LogP contribution in [0.1, 0.15) is 66.9 Å². The highest BCUT2D eigenvalue weighted by atomic mass is 16.4. The average Bonchev–Trinajstić information content (AvgIpc) is 2.54. The van der Waals surface area contributed by atoms with Gasteiger partial charge < -0.3 is 21.1 Å². The topological polar surface area (TPSA) is 104 Å². The molecule has 0 radical (unpaired) electrons. The Morgan fingerprint density at radius 2 is 2.04 bits per heavy atom. The molecule has 0 spiro atoms. The van der Waals surface area contributed by atoms with Crippen LogP contribution in [-0.2, 0) is 6.42 Å². The van der Waals surface area contributed by atoms with Crippen LogP contribution < -0.4 is 5.73 Å². The fourth-order valence-corrected chi connectivity index (χ4v) is 3.85. The van der Waals surface area contributed by atoms with E-state index in [2.05, 4.69) is 6.58 Å². The molecule has 0 bridgehead atoms. The van der Waals surface area contributed by atoms with Crippen LogP contribution in [0.25, 0.3) is 0 Å². The van der Waals surface area contributed by atoms with Crippen molar-refractivity contribution in [2.75, 3.05) is 6.54 Å². The normalized spacial score (nSPS) is 19.9. The molecule has 1 aliphatic carbocycles. The highest BCUT2D eigenvalue weighted by molar-refractivity contribution is 5.94. The van der Waals surface area contributed by atoms with Gasteiger partial charge in [-0.3, -0.25) is 0 Å². The number of phenolic OH excluding ortho intramolecular Hbond substituents is 1. The quantitative estimate of drug-likeness (QED) is 0.433. The number of hydrogen-bond acceptors (Lipinski definition) is 4. The lowest BCUT2D eigenvalue weighted by Crippen LogP contribution is -2.18. The molecule has 0 aliphatic heterocycles. The summed E-state index contributed by atoms with van der Waals surface area (Å²) in [6.45, 7) is 8.50. The SMILES string of the molecule is C=C(C)[C@@H]1CCC(C)=C[C@H]1c1c(O)cc(CCCCN)c(C(=O)O)c1O. The number of rotatable bonds is 7. The monoisotopic (exact) mass is 359 g/mol. The lowest BCUT2D eigenvalue weighted by Gasteiger charge is -2.32. The highest BCUT2D eigenvalue weighted by Gasteiger charge is 2.32. The molecule has 0 saturated heterocycles. The number of nitrogens with two attached hydrogens (primary N) is 1. The Balaban J connectivity index is 2.58. The van der Waals surface area contributed by atoms with Gasteiger partial charge in [0.15, 0.2) is 0 Å². The van der Waals surface area contributed by atoms with Crippen molar-refractivity contribution in [1.29, 1.82) is 0 Å². The molecule has 1 aliphatic rings. The first kappa shape index (κ1) is 20.0. The standard InChI is InChI=1S/C21H29NO4/c1-12(2)15-8-7-13(3)10-16(15)19-17(23)11-14(6-4-5-9-22)18(20(19)24)21(25)26/h10-11,15-16,23-24H,1,4-9,22H2,2-3H3,(H,25,26)/t15-,16+/m0/s1. The van der Waals surface area contributed by atoms with Gasteiger partial charge in [-0.15, -0.1) is 0 Å². The number of benzene rings is 1. The Labute approximate surface area is 154 Å². The van der Waals surface area contributed by atoms with E-state index in [0.29, 0.717) is 24.9 Å². The van der Waals surface area contributed by atoms with E-state index in [1.807, 2.05) is 19.9 Å². The molecule has 0 heterocycles. The summed E-state index contributed by atoms with van der Waals surface area (Å²) < 4.78 is 0. The van der Waals surface area contributed by atoms with Gasteiger partial charge in [0.25, 0.3) is 0 Å². The maximum atomic E-state index is 11.8. The first-order valence-corrected chi connectivity index (χ1v) is 9.11. The maximum Gasteiger partial charge on any atom is 0.339 e. The summed E-state index contributed by atoms with van der Waals surface area (Å²) in [6, 6.07) is 1.49. The Morgan fingerprint density at radius 3 is 2.62 bits per heavy atom. The fraction of sp³-hybridized carbons (Fsp3) is 0.476. The molecule has 0 saturated carbocycles. The van der Waals surface area contributed by atoms with E-state index in [1.165, 1.54) is 6.07 Å². The van der Waals surface area contributed by atoms with Crippen LogP contribution in [-0.4, -0.2) is 27.8 Å². The zero-order valence-corrected chi connectivity index (χ0v) is 15.6. The van der Waals surface area contributed by atoms with Gasteiger partial charge in [0.2, 0.25) is 0 Å². The van der Waals surface area contributed by atoms with Crippen LogP contribution in [0.4, 0.5) is 0 Å². The van der Waals surface area contributed by atoms with Crippen LogP contribution in [0.2, 0.25) is 0 Å². The van der Waals surface area contributed by atoms with Crippen LogP contribution in [0, 0.1) is 5.92 Å². The molecule has 2 atom stereocenters. The summed E-state index contributed by atoms with van der Waals surface area (Å²) in [7, 11) is 0. The minimum Gasteiger partial charge on any atom is -0.507 e. The van der Waals surface area contributed by atoms with Crippen LogP contribution in [0.3, 0.4) is 0 Å². The molecular weight excluding hydrogens is 330 g/mol. The molecule has 5 N–H and O–H groups in total. The van der Waals surface area contributed by atoms with Gasteiger partial charge in [-0.2, -0.15) is 0 Å². The van der Waals surface area contributed by atoms with E-state index in [-0.39, 0.29) is 34.5 Å². The predicted octanol–water partition coefficient (Wildman–Crippen LogP) is 4.09. The van der Waals surface area contributed by atoms with Crippen molar-refractivity contribution in [3.63, 3.8) is 0 Å². The molecule has 0 unspecified atom stereocenters. The summed E-state index contributed by atoms with van der Waals surface area (Å²) in [4.78, 5) is 11.8. The number of phenols is 2. The smallest absolute Gasteiger partial charge is 0.339 e. The van der Waals surface area contributed by atoms with Crippen molar-refractivity contribution in [2.24, 2.45) is 11.7 Å². The zero-order valence-electron chi connectivity index (χ0n) is 15.6. The van der Waals surface area contributed by atoms with Crippen molar-refractivity contribution in [3.8, 4) is 11.5 Å². The zero-order chi connectivity index (χ0) is 19.4. The van der Waals surface area contributed by atoms with Crippen LogP contribution in [0.15, 0.2) is 29.9 Å². The van der Waals surface area contributed by atoms with Crippen molar-refractivity contribution < 1.29 is 20.1 Å². The Hall–Kier alpha value is -2.27. The summed E-state index contributed by atoms with van der Waals surface area (Å²) in [6.07, 6.45) is 5.71. The van der Waals surface area contributed by atoms with E-state index in [9.17, 15) is 20.1 Å². The van der Waals surface area contributed by atoms with Crippen LogP contribution >= 0.6 is 0 Å². The number of aromatic hydroxyl groups is 2. The molecule has 0 fully saturated rings. The molecule has 2 rings (SSSR count). The third kappa shape index (κ3) is 4.10. The minimum atomic E-state index is -1.19. The molecule has 142 valence electrons. The first-order chi connectivity index (χ1) is 12.3. The average molecular weight is 359 g/mol. The third-order valence-electron chi connectivity index (χ3n) is 5.23. The van der Waals surface area contributed by atoms with Gasteiger partial charge in [0.05, 0.1) is 0 Å². The molecule has 5 heteroatoms. The number of aryl methyl sites for hydroxylation is 1. The number of aromatic carboxylic acids is 1. The van der Waals surface area contributed by atoms with E-state index in [4.69, 9.17) is 5.73 Å². The van der Waals surface area contributed by atoms with E-state index < -0.39 is 5.97 Å². The lowest BCUT2D eigenvalue weighted by molar-refractivity contribution is 0.0692. The molecule has 26 heavy (non-hydrogen) atoms. The van der Waals surface area contributed by atoms with Crippen molar-refractivity contribution in [3.05, 3.63) is 46.6 Å². The Bertz CT molecular complexity index is 736. The number of carboxylic acids is 1. The fourth-order valence-electron chi connectivity index (χ4n) is 3.85. The predicted molar refractivity (Wildman–Crippen MR) is 103 cm³/mol. The summed E-state index contributed by atoms with van der Waals surface area (Å²) >= 11 is 0. The van der Waals surface area contributed by atoms with E-state index in [1.54, 1.807) is 0 Å². The maximum absolute atomic E-state index is 11.8. The second-order valence-electron chi connectivity index (χ2n) is 7.27. The number of carbonyl (C=O) groups is 1. The van der Waals surface area contributed by atoms with Crippen LogP contribution in [0.5, 0.6) is 11.5 Å². The highest BCUT2D eigenvalue weighted by Crippen LogP contribution is 2.48. The summed E-state index contributed by atoms with van der Waals surface area (Å²) in [5, 5.41) is 31.1. The minimum absolute atomic E-state index is 0.0558.